The van der Waals surface area contributed by atoms with Crippen LogP contribution in [-0.4, -0.2) is 34.6 Å². The second-order valence-corrected chi connectivity index (χ2v) is 4.52. The Kier molecular flexibility index (Phi) is 6.68. The average molecular weight is 313 g/mol. The predicted octanol–water partition coefficient (Wildman–Crippen LogP) is 2.28. The first-order chi connectivity index (χ1) is 9.99. The standard InChI is InChI=1S/C14H17ClN2O4/c1-3-5-6-11(14(19)20)17-12(18)9-7-10(15)13(16-8-9)21-4-2/h3,5,7-8,11H,4,6H2,1-2H3,(H,17,18)(H,19,20)/b5-3+. The molecular formula is C14H17ClN2O4. The van der Waals surface area contributed by atoms with Gasteiger partial charge in [-0.05, 0) is 26.3 Å². The van der Waals surface area contributed by atoms with Crippen LogP contribution in [0.1, 0.15) is 30.6 Å². The minimum Gasteiger partial charge on any atom is -0.480 e. The molecule has 1 aromatic heterocycles. The van der Waals surface area contributed by atoms with Gasteiger partial charge in [-0.2, -0.15) is 0 Å². The highest BCUT2D eigenvalue weighted by Crippen LogP contribution is 2.22. The van der Waals surface area contributed by atoms with Gasteiger partial charge in [-0.25, -0.2) is 9.78 Å². The highest BCUT2D eigenvalue weighted by atomic mass is 35.5. The SMILES string of the molecule is C/C=C/CC(NC(=O)c1cnc(OCC)c(Cl)c1)C(=O)O. The Hall–Kier alpha value is -2.08. The van der Waals surface area contributed by atoms with Crippen molar-refractivity contribution < 1.29 is 19.4 Å². The number of carbonyl (C=O) groups is 2. The molecule has 0 spiro atoms. The molecular weight excluding hydrogens is 296 g/mol. The molecule has 0 bridgehead atoms. The molecule has 7 heteroatoms. The highest BCUT2D eigenvalue weighted by molar-refractivity contribution is 6.32. The average Bonchev–Trinajstić information content (AvgIpc) is 2.45. The van der Waals surface area contributed by atoms with Gasteiger partial charge in [0.2, 0.25) is 5.88 Å². The summed E-state index contributed by atoms with van der Waals surface area (Å²) >= 11 is 5.94. The van der Waals surface area contributed by atoms with Gasteiger partial charge in [0.1, 0.15) is 11.1 Å². The Balaban J connectivity index is 2.82. The maximum absolute atomic E-state index is 12.0. The number of nitrogens with zero attached hydrogens (tertiary/aromatic N) is 1. The van der Waals surface area contributed by atoms with Gasteiger partial charge in [0.25, 0.3) is 5.91 Å². The Bertz CT molecular complexity index is 546. The quantitative estimate of drug-likeness (QED) is 0.754. The van der Waals surface area contributed by atoms with Crippen LogP contribution in [0.4, 0.5) is 0 Å². The van der Waals surface area contributed by atoms with Gasteiger partial charge in [0.05, 0.1) is 12.2 Å². The van der Waals surface area contributed by atoms with Crippen molar-refractivity contribution >= 4 is 23.5 Å². The number of pyridine rings is 1. The summed E-state index contributed by atoms with van der Waals surface area (Å²) in [4.78, 5) is 27.0. The summed E-state index contributed by atoms with van der Waals surface area (Å²) in [6.45, 7) is 3.97. The monoisotopic (exact) mass is 312 g/mol. The van der Waals surface area contributed by atoms with Crippen LogP contribution in [0.15, 0.2) is 24.4 Å². The number of amides is 1. The molecule has 6 nitrogen and oxygen atoms in total. The number of allylic oxidation sites excluding steroid dienone is 1. The minimum absolute atomic E-state index is 0.176. The molecule has 0 radical (unpaired) electrons. The number of nitrogens with one attached hydrogen (secondary N) is 1. The zero-order chi connectivity index (χ0) is 15.8. The zero-order valence-corrected chi connectivity index (χ0v) is 12.6. The number of carboxylic acid groups (broad SMARTS) is 1. The molecule has 21 heavy (non-hydrogen) atoms. The number of rotatable bonds is 7. The van der Waals surface area contributed by atoms with Crippen LogP contribution in [0.25, 0.3) is 0 Å². The zero-order valence-electron chi connectivity index (χ0n) is 11.8. The molecule has 0 fully saturated rings. The van der Waals surface area contributed by atoms with E-state index in [9.17, 15) is 9.59 Å². The smallest absolute Gasteiger partial charge is 0.326 e. The van der Waals surface area contributed by atoms with Crippen LogP contribution >= 0.6 is 11.6 Å². The van der Waals surface area contributed by atoms with E-state index in [0.29, 0.717) is 6.61 Å². The molecule has 1 amide bonds. The molecule has 1 unspecified atom stereocenters. The van der Waals surface area contributed by atoms with Crippen molar-refractivity contribution in [3.05, 3.63) is 35.0 Å². The Morgan fingerprint density at radius 3 is 2.81 bits per heavy atom. The fourth-order valence-corrected chi connectivity index (χ4v) is 1.75. The lowest BCUT2D eigenvalue weighted by atomic mass is 10.1. The molecule has 1 heterocycles. The van der Waals surface area contributed by atoms with E-state index in [1.807, 2.05) is 0 Å². The van der Waals surface area contributed by atoms with E-state index in [1.54, 1.807) is 26.0 Å². The largest absolute Gasteiger partial charge is 0.480 e. The molecule has 0 aliphatic heterocycles. The van der Waals surface area contributed by atoms with Gasteiger partial charge >= 0.3 is 5.97 Å². The predicted molar refractivity (Wildman–Crippen MR) is 78.7 cm³/mol. The second kappa shape index (κ2) is 8.26. The number of carboxylic acids is 1. The van der Waals surface area contributed by atoms with E-state index in [2.05, 4.69) is 10.3 Å². The number of hydrogen-bond acceptors (Lipinski definition) is 4. The summed E-state index contributed by atoms with van der Waals surface area (Å²) < 4.78 is 5.17. The third-order valence-electron chi connectivity index (χ3n) is 2.56. The summed E-state index contributed by atoms with van der Waals surface area (Å²) in [6.07, 6.45) is 4.89. The Morgan fingerprint density at radius 2 is 2.29 bits per heavy atom. The van der Waals surface area contributed by atoms with Crippen LogP contribution in [0.5, 0.6) is 5.88 Å². The number of aliphatic carboxylic acids is 1. The fourth-order valence-electron chi connectivity index (χ4n) is 1.53. The van der Waals surface area contributed by atoms with Crippen molar-refractivity contribution in [2.24, 2.45) is 0 Å². The van der Waals surface area contributed by atoms with Crippen molar-refractivity contribution in [2.75, 3.05) is 6.61 Å². The first-order valence-corrected chi connectivity index (χ1v) is 6.80. The van der Waals surface area contributed by atoms with Crippen LogP contribution < -0.4 is 10.1 Å². The third kappa shape index (κ3) is 5.07. The minimum atomic E-state index is -1.11. The number of carbonyl (C=O) groups excluding carboxylic acids is 1. The molecule has 0 aliphatic carbocycles. The van der Waals surface area contributed by atoms with Gasteiger partial charge in [0, 0.05) is 6.20 Å². The van der Waals surface area contributed by atoms with Crippen LogP contribution in [0.2, 0.25) is 5.02 Å². The van der Waals surface area contributed by atoms with Crippen molar-refractivity contribution in [2.45, 2.75) is 26.3 Å². The molecule has 114 valence electrons. The van der Waals surface area contributed by atoms with Crippen molar-refractivity contribution in [3.63, 3.8) is 0 Å². The van der Waals surface area contributed by atoms with E-state index in [1.165, 1.54) is 12.3 Å². The summed E-state index contributed by atoms with van der Waals surface area (Å²) in [5, 5.41) is 11.7. The summed E-state index contributed by atoms with van der Waals surface area (Å²) in [7, 11) is 0. The van der Waals surface area contributed by atoms with Crippen molar-refractivity contribution in [3.8, 4) is 5.88 Å². The summed E-state index contributed by atoms with van der Waals surface area (Å²) in [6, 6.07) is 0.391. The molecule has 1 aromatic rings. The number of halogens is 1. The van der Waals surface area contributed by atoms with Crippen LogP contribution in [-0.2, 0) is 4.79 Å². The first kappa shape index (κ1) is 17.0. The first-order valence-electron chi connectivity index (χ1n) is 6.42. The highest BCUT2D eigenvalue weighted by Gasteiger charge is 2.20. The molecule has 0 aliphatic rings. The van der Waals surface area contributed by atoms with E-state index in [0.717, 1.165) is 0 Å². The van der Waals surface area contributed by atoms with E-state index in [4.69, 9.17) is 21.4 Å². The molecule has 2 N–H and O–H groups in total. The normalized spacial score (nSPS) is 12.1. The second-order valence-electron chi connectivity index (χ2n) is 4.11. The third-order valence-corrected chi connectivity index (χ3v) is 2.83. The van der Waals surface area contributed by atoms with Gasteiger partial charge in [-0.1, -0.05) is 23.8 Å². The van der Waals surface area contributed by atoms with E-state index < -0.39 is 17.9 Å². The molecule has 1 atom stereocenters. The lowest BCUT2D eigenvalue weighted by molar-refractivity contribution is -0.139. The number of hydrogen-bond donors (Lipinski definition) is 2. The van der Waals surface area contributed by atoms with E-state index in [-0.39, 0.29) is 22.9 Å². The molecule has 0 saturated heterocycles. The van der Waals surface area contributed by atoms with Gasteiger partial charge in [0.15, 0.2) is 0 Å². The van der Waals surface area contributed by atoms with Gasteiger partial charge in [-0.3, -0.25) is 4.79 Å². The lowest BCUT2D eigenvalue weighted by Gasteiger charge is -2.13. The fraction of sp³-hybridized carbons (Fsp3) is 0.357. The maximum Gasteiger partial charge on any atom is 0.326 e. The molecule has 1 rings (SSSR count). The van der Waals surface area contributed by atoms with Crippen molar-refractivity contribution in [1.82, 2.24) is 10.3 Å². The number of ether oxygens (including phenoxy) is 1. The summed E-state index contributed by atoms with van der Waals surface area (Å²) in [5.74, 6) is -1.42. The van der Waals surface area contributed by atoms with Crippen molar-refractivity contribution in [1.29, 1.82) is 0 Å². The van der Waals surface area contributed by atoms with Crippen LogP contribution in [0, 0.1) is 0 Å². The Labute approximate surface area is 127 Å². The topological polar surface area (TPSA) is 88.5 Å². The number of aromatic nitrogens is 1. The summed E-state index contributed by atoms with van der Waals surface area (Å²) in [5.41, 5.74) is 0.176. The maximum atomic E-state index is 12.0. The Morgan fingerprint density at radius 1 is 1.57 bits per heavy atom. The van der Waals surface area contributed by atoms with Gasteiger partial charge in [-0.15, -0.1) is 0 Å². The molecule has 0 aromatic carbocycles. The lowest BCUT2D eigenvalue weighted by Crippen LogP contribution is -2.40. The van der Waals surface area contributed by atoms with E-state index >= 15 is 0 Å². The van der Waals surface area contributed by atoms with Gasteiger partial charge < -0.3 is 15.2 Å². The molecule has 0 saturated carbocycles. The van der Waals surface area contributed by atoms with Crippen LogP contribution in [0.3, 0.4) is 0 Å².